The Kier molecular flexibility index (Phi) is 5.98. The van der Waals surface area contributed by atoms with Crippen molar-refractivity contribution in [3.8, 4) is 0 Å². The quantitative estimate of drug-likeness (QED) is 0.777. The van der Waals surface area contributed by atoms with Crippen molar-refractivity contribution in [2.75, 3.05) is 31.6 Å². The van der Waals surface area contributed by atoms with Crippen molar-refractivity contribution < 1.29 is 19.4 Å². The fourth-order valence-corrected chi connectivity index (χ4v) is 2.89. The van der Waals surface area contributed by atoms with Crippen molar-refractivity contribution >= 4 is 17.6 Å². The second-order valence-corrected chi connectivity index (χ2v) is 6.13. The largest absolute Gasteiger partial charge is 0.477 e. The number of aryl methyl sites for hydroxylation is 1. The molecule has 8 heteroatoms. The van der Waals surface area contributed by atoms with Gasteiger partial charge in [-0.15, -0.1) is 0 Å². The lowest BCUT2D eigenvalue weighted by Gasteiger charge is -2.26. The van der Waals surface area contributed by atoms with E-state index in [1.807, 2.05) is 24.3 Å². The Bertz CT molecular complexity index is 768. The zero-order valence-electron chi connectivity index (χ0n) is 14.4. The van der Waals surface area contributed by atoms with Gasteiger partial charge in [0, 0.05) is 37.9 Å². The summed E-state index contributed by atoms with van der Waals surface area (Å²) < 4.78 is 6.67. The molecule has 138 valence electrons. The van der Waals surface area contributed by atoms with E-state index in [4.69, 9.17) is 9.84 Å². The molecule has 0 atom stereocenters. The van der Waals surface area contributed by atoms with Crippen LogP contribution in [0.2, 0.25) is 0 Å². The van der Waals surface area contributed by atoms with E-state index in [2.05, 4.69) is 15.3 Å². The second kappa shape index (κ2) is 8.59. The first-order valence-corrected chi connectivity index (χ1v) is 8.56. The van der Waals surface area contributed by atoms with Gasteiger partial charge in [-0.1, -0.05) is 12.1 Å². The number of nitrogens with one attached hydrogen (secondary N) is 1. The minimum atomic E-state index is -1.06. The molecule has 26 heavy (non-hydrogen) atoms. The van der Waals surface area contributed by atoms with Crippen LogP contribution in [0.25, 0.3) is 0 Å². The van der Waals surface area contributed by atoms with Gasteiger partial charge in [-0.2, -0.15) is 5.10 Å². The summed E-state index contributed by atoms with van der Waals surface area (Å²) in [6.07, 6.45) is 1.56. The van der Waals surface area contributed by atoms with Crippen LogP contribution in [0.3, 0.4) is 0 Å². The van der Waals surface area contributed by atoms with E-state index in [0.29, 0.717) is 0 Å². The summed E-state index contributed by atoms with van der Waals surface area (Å²) >= 11 is 0. The SMILES string of the molecule is O=C(CCn1nccc1C(=O)O)Nc1cccc(CN2CCOCC2)c1. The first kappa shape index (κ1) is 18.1. The zero-order chi connectivity index (χ0) is 18.4. The maximum Gasteiger partial charge on any atom is 0.354 e. The number of carboxylic acid groups (broad SMARTS) is 1. The molecule has 0 radical (unpaired) electrons. The molecule has 0 spiro atoms. The predicted molar refractivity (Wildman–Crippen MR) is 95.0 cm³/mol. The fourth-order valence-electron chi connectivity index (χ4n) is 2.89. The van der Waals surface area contributed by atoms with Gasteiger partial charge in [0.25, 0.3) is 0 Å². The molecule has 0 unspecified atom stereocenters. The molecule has 3 rings (SSSR count). The third-order valence-electron chi connectivity index (χ3n) is 4.21. The Hall–Kier alpha value is -2.71. The topological polar surface area (TPSA) is 96.7 Å². The van der Waals surface area contributed by atoms with Crippen LogP contribution < -0.4 is 5.32 Å². The molecule has 1 amide bonds. The van der Waals surface area contributed by atoms with Gasteiger partial charge in [0.15, 0.2) is 0 Å². The fraction of sp³-hybridized carbons (Fsp3) is 0.389. The molecule has 1 aromatic heterocycles. The monoisotopic (exact) mass is 358 g/mol. The third-order valence-corrected chi connectivity index (χ3v) is 4.21. The van der Waals surface area contributed by atoms with Crippen molar-refractivity contribution in [1.29, 1.82) is 0 Å². The average molecular weight is 358 g/mol. The molecule has 2 N–H and O–H groups in total. The third kappa shape index (κ3) is 4.90. The van der Waals surface area contributed by atoms with Gasteiger partial charge >= 0.3 is 5.97 Å². The molecule has 1 aliphatic rings. The highest BCUT2D eigenvalue weighted by Crippen LogP contribution is 2.14. The van der Waals surface area contributed by atoms with Gasteiger partial charge in [-0.3, -0.25) is 14.4 Å². The summed E-state index contributed by atoms with van der Waals surface area (Å²) in [5.41, 5.74) is 1.94. The maximum atomic E-state index is 12.2. The summed E-state index contributed by atoms with van der Waals surface area (Å²) in [7, 11) is 0. The average Bonchev–Trinajstić information content (AvgIpc) is 3.10. The lowest BCUT2D eigenvalue weighted by Crippen LogP contribution is -2.35. The van der Waals surface area contributed by atoms with E-state index < -0.39 is 5.97 Å². The molecule has 0 aliphatic carbocycles. The molecule has 1 fully saturated rings. The van der Waals surface area contributed by atoms with Crippen molar-refractivity contribution in [1.82, 2.24) is 14.7 Å². The second-order valence-electron chi connectivity index (χ2n) is 6.13. The number of carbonyl (C=O) groups is 2. The molecule has 1 aliphatic heterocycles. The maximum absolute atomic E-state index is 12.2. The van der Waals surface area contributed by atoms with Crippen LogP contribution in [0.1, 0.15) is 22.5 Å². The number of aromatic carboxylic acids is 1. The lowest BCUT2D eigenvalue weighted by atomic mass is 10.1. The van der Waals surface area contributed by atoms with Crippen LogP contribution in [-0.4, -0.2) is 58.0 Å². The molecule has 1 saturated heterocycles. The van der Waals surface area contributed by atoms with Crippen molar-refractivity contribution in [3.63, 3.8) is 0 Å². The standard InChI is InChI=1S/C18H22N4O4/c23-17(5-7-22-16(18(24)25)4-6-19-22)20-15-3-1-2-14(12-15)13-21-8-10-26-11-9-21/h1-4,6,12H,5,7-11,13H2,(H,20,23)(H,24,25). The summed E-state index contributed by atoms with van der Waals surface area (Å²) in [5.74, 6) is -1.24. The minimum absolute atomic E-state index is 0.0744. The number of hydrogen-bond acceptors (Lipinski definition) is 5. The Morgan fingerprint density at radius 3 is 2.81 bits per heavy atom. The Morgan fingerprint density at radius 1 is 1.23 bits per heavy atom. The van der Waals surface area contributed by atoms with E-state index in [1.165, 1.54) is 16.9 Å². The molecular formula is C18H22N4O4. The zero-order valence-corrected chi connectivity index (χ0v) is 14.4. The highest BCUT2D eigenvalue weighted by Gasteiger charge is 2.13. The molecular weight excluding hydrogens is 336 g/mol. The van der Waals surface area contributed by atoms with Crippen molar-refractivity contribution in [2.24, 2.45) is 0 Å². The van der Waals surface area contributed by atoms with E-state index in [-0.39, 0.29) is 24.6 Å². The number of nitrogens with zero attached hydrogens (tertiary/aromatic N) is 3. The number of carboxylic acids is 1. The summed E-state index contributed by atoms with van der Waals surface area (Å²) in [4.78, 5) is 25.5. The number of ether oxygens (including phenoxy) is 1. The summed E-state index contributed by atoms with van der Waals surface area (Å²) in [5, 5.41) is 15.8. The number of rotatable bonds is 7. The smallest absolute Gasteiger partial charge is 0.354 e. The number of amides is 1. The highest BCUT2D eigenvalue weighted by molar-refractivity contribution is 5.91. The van der Waals surface area contributed by atoms with Crippen LogP contribution >= 0.6 is 0 Å². The molecule has 2 aromatic rings. The van der Waals surface area contributed by atoms with Gasteiger partial charge in [-0.25, -0.2) is 4.79 Å². The lowest BCUT2D eigenvalue weighted by molar-refractivity contribution is -0.116. The van der Waals surface area contributed by atoms with Gasteiger partial charge in [0.1, 0.15) is 5.69 Å². The number of benzene rings is 1. The Morgan fingerprint density at radius 2 is 2.04 bits per heavy atom. The number of carbonyl (C=O) groups excluding carboxylic acids is 1. The number of hydrogen-bond donors (Lipinski definition) is 2. The molecule has 1 aromatic carbocycles. The van der Waals surface area contributed by atoms with Gasteiger partial charge in [-0.05, 0) is 23.8 Å². The molecule has 0 saturated carbocycles. The van der Waals surface area contributed by atoms with Gasteiger partial charge in [0.05, 0.1) is 19.8 Å². The Balaban J connectivity index is 1.53. The predicted octanol–water partition coefficient (Wildman–Crippen LogP) is 1.44. The summed E-state index contributed by atoms with van der Waals surface area (Å²) in [6, 6.07) is 9.17. The number of anilines is 1. The van der Waals surface area contributed by atoms with Crippen molar-refractivity contribution in [2.45, 2.75) is 19.5 Å². The van der Waals surface area contributed by atoms with Crippen LogP contribution in [-0.2, 0) is 22.6 Å². The number of morpholine rings is 1. The molecule has 2 heterocycles. The van der Waals surface area contributed by atoms with Crippen LogP contribution in [0.5, 0.6) is 0 Å². The molecule has 0 bridgehead atoms. The van der Waals surface area contributed by atoms with Gasteiger partial charge in [0.2, 0.25) is 5.91 Å². The van der Waals surface area contributed by atoms with Crippen LogP contribution in [0, 0.1) is 0 Å². The highest BCUT2D eigenvalue weighted by atomic mass is 16.5. The van der Waals surface area contributed by atoms with E-state index >= 15 is 0 Å². The van der Waals surface area contributed by atoms with Gasteiger partial charge < -0.3 is 15.2 Å². The minimum Gasteiger partial charge on any atom is -0.477 e. The first-order valence-electron chi connectivity index (χ1n) is 8.56. The molecule has 8 nitrogen and oxygen atoms in total. The van der Waals surface area contributed by atoms with E-state index in [1.54, 1.807) is 0 Å². The van der Waals surface area contributed by atoms with Crippen LogP contribution in [0.15, 0.2) is 36.5 Å². The van der Waals surface area contributed by atoms with E-state index in [0.717, 1.165) is 44.1 Å². The summed E-state index contributed by atoms with van der Waals surface area (Å²) in [6.45, 7) is 4.36. The van der Waals surface area contributed by atoms with E-state index in [9.17, 15) is 9.59 Å². The van der Waals surface area contributed by atoms with Crippen molar-refractivity contribution in [3.05, 3.63) is 47.8 Å². The Labute approximate surface area is 151 Å². The number of aromatic nitrogens is 2. The first-order chi connectivity index (χ1) is 12.6. The normalized spacial score (nSPS) is 14.9. The van der Waals surface area contributed by atoms with Crippen LogP contribution in [0.4, 0.5) is 5.69 Å².